The molecule has 1 aliphatic heterocycles. The Kier molecular flexibility index (Phi) is 3.23. The molecule has 0 bridgehead atoms. The van der Waals surface area contributed by atoms with Crippen LogP contribution in [-0.4, -0.2) is 34.4 Å². The summed E-state index contributed by atoms with van der Waals surface area (Å²) in [5.41, 5.74) is -0.673. The maximum absolute atomic E-state index is 11.5. The van der Waals surface area contributed by atoms with Crippen molar-refractivity contribution >= 4 is 11.9 Å². The van der Waals surface area contributed by atoms with E-state index in [9.17, 15) is 14.7 Å². The van der Waals surface area contributed by atoms with E-state index < -0.39 is 5.97 Å². The minimum absolute atomic E-state index is 0.192. The van der Waals surface area contributed by atoms with Crippen LogP contribution in [0.2, 0.25) is 0 Å². The minimum atomic E-state index is -0.982. The first-order valence-corrected chi connectivity index (χ1v) is 7.95. The lowest BCUT2D eigenvalue weighted by atomic mass is 9.53. The molecule has 2 saturated carbocycles. The van der Waals surface area contributed by atoms with Gasteiger partial charge in [-0.25, -0.2) is 4.79 Å². The van der Waals surface area contributed by atoms with Gasteiger partial charge in [0.25, 0.3) is 0 Å². The molecule has 5 atom stereocenters. The first kappa shape index (κ1) is 15.5. The summed E-state index contributed by atoms with van der Waals surface area (Å²) in [4.78, 5) is 22.9. The molecule has 5 heteroatoms. The van der Waals surface area contributed by atoms with Crippen molar-refractivity contribution in [3.63, 3.8) is 0 Å². The van der Waals surface area contributed by atoms with Gasteiger partial charge in [-0.05, 0) is 44.9 Å². The predicted octanol–water partition coefficient (Wildman–Crippen LogP) is 2.69. The lowest BCUT2D eigenvalue weighted by molar-refractivity contribution is -0.166. The Bertz CT molecular complexity index is 555. The third kappa shape index (κ3) is 1.87. The van der Waals surface area contributed by atoms with Crippen molar-refractivity contribution in [2.45, 2.75) is 70.2 Å². The molecule has 3 fully saturated rings. The normalized spacial score (nSPS) is 46.1. The van der Waals surface area contributed by atoms with Gasteiger partial charge >= 0.3 is 11.9 Å². The maximum atomic E-state index is 11.5. The Morgan fingerprint density at radius 2 is 2.00 bits per heavy atom. The van der Waals surface area contributed by atoms with Gasteiger partial charge in [0.15, 0.2) is 0 Å². The van der Waals surface area contributed by atoms with Crippen molar-refractivity contribution in [1.29, 1.82) is 0 Å². The van der Waals surface area contributed by atoms with Crippen molar-refractivity contribution < 1.29 is 24.2 Å². The molecule has 3 aliphatic rings. The van der Waals surface area contributed by atoms with Crippen LogP contribution in [0, 0.1) is 11.3 Å². The fraction of sp³-hybridized carbons (Fsp3) is 0.765. The summed E-state index contributed by atoms with van der Waals surface area (Å²) in [7, 11) is 0. The second-order valence-corrected chi connectivity index (χ2v) is 7.50. The molecular weight excluding hydrogens is 284 g/mol. The molecule has 1 heterocycles. The van der Waals surface area contributed by atoms with E-state index in [-0.39, 0.29) is 40.2 Å². The Labute approximate surface area is 130 Å². The van der Waals surface area contributed by atoms with E-state index in [1.165, 1.54) is 6.92 Å². The zero-order valence-electron chi connectivity index (χ0n) is 13.5. The van der Waals surface area contributed by atoms with E-state index in [4.69, 9.17) is 9.47 Å². The number of carboxylic acids is 1. The number of epoxide rings is 1. The van der Waals surface area contributed by atoms with Gasteiger partial charge in [-0.3, -0.25) is 4.79 Å². The van der Waals surface area contributed by atoms with Crippen LogP contribution >= 0.6 is 0 Å². The zero-order valence-corrected chi connectivity index (χ0v) is 13.5. The Hall–Kier alpha value is -1.36. The molecule has 1 saturated heterocycles. The van der Waals surface area contributed by atoms with Gasteiger partial charge in [0.2, 0.25) is 0 Å². The van der Waals surface area contributed by atoms with Gasteiger partial charge in [-0.1, -0.05) is 13.5 Å². The molecule has 122 valence electrons. The number of hydrogen-bond acceptors (Lipinski definition) is 4. The Morgan fingerprint density at radius 1 is 1.32 bits per heavy atom. The van der Waals surface area contributed by atoms with Gasteiger partial charge < -0.3 is 14.6 Å². The third-order valence-corrected chi connectivity index (χ3v) is 6.30. The van der Waals surface area contributed by atoms with Crippen LogP contribution in [0.3, 0.4) is 0 Å². The molecule has 2 aliphatic carbocycles. The third-order valence-electron chi connectivity index (χ3n) is 6.30. The van der Waals surface area contributed by atoms with Gasteiger partial charge in [-0.2, -0.15) is 0 Å². The SMILES string of the molecule is C=C(C(=O)O)[C@@H]1C[C@H](OC(C)=O)[C@@]2(C)CCC[C@@]3(C)O[C@]32C1. The lowest BCUT2D eigenvalue weighted by Gasteiger charge is -2.51. The van der Waals surface area contributed by atoms with Gasteiger partial charge in [-0.15, -0.1) is 0 Å². The summed E-state index contributed by atoms with van der Waals surface area (Å²) in [6.45, 7) is 9.36. The number of carbonyl (C=O) groups excluding carboxylic acids is 1. The van der Waals surface area contributed by atoms with Crippen molar-refractivity contribution in [3.05, 3.63) is 12.2 Å². The Morgan fingerprint density at radius 3 is 2.59 bits per heavy atom. The topological polar surface area (TPSA) is 76.1 Å². The summed E-state index contributed by atoms with van der Waals surface area (Å²) in [5, 5.41) is 9.28. The van der Waals surface area contributed by atoms with Gasteiger partial charge in [0, 0.05) is 17.9 Å². The van der Waals surface area contributed by atoms with Crippen molar-refractivity contribution in [2.24, 2.45) is 11.3 Å². The molecule has 1 N–H and O–H groups in total. The van der Waals surface area contributed by atoms with Gasteiger partial charge in [0.05, 0.1) is 5.60 Å². The van der Waals surface area contributed by atoms with Crippen molar-refractivity contribution in [3.8, 4) is 0 Å². The Balaban J connectivity index is 1.97. The molecule has 5 nitrogen and oxygen atoms in total. The number of rotatable bonds is 3. The summed E-state index contributed by atoms with van der Waals surface area (Å²) in [6.07, 6.45) is 3.80. The van der Waals surface area contributed by atoms with E-state index in [0.717, 1.165) is 19.3 Å². The van der Waals surface area contributed by atoms with Crippen LogP contribution in [0.4, 0.5) is 0 Å². The molecule has 22 heavy (non-hydrogen) atoms. The number of ether oxygens (including phenoxy) is 2. The van der Waals surface area contributed by atoms with Crippen LogP contribution in [0.1, 0.15) is 52.9 Å². The smallest absolute Gasteiger partial charge is 0.331 e. The number of hydrogen-bond donors (Lipinski definition) is 1. The molecule has 0 unspecified atom stereocenters. The second-order valence-electron chi connectivity index (χ2n) is 7.50. The number of carboxylic acid groups (broad SMARTS) is 1. The summed E-state index contributed by atoms with van der Waals surface area (Å²) in [5.74, 6) is -1.52. The lowest BCUT2D eigenvalue weighted by Crippen LogP contribution is -2.57. The van der Waals surface area contributed by atoms with Crippen LogP contribution in [0.25, 0.3) is 0 Å². The van der Waals surface area contributed by atoms with E-state index in [0.29, 0.717) is 12.8 Å². The summed E-state index contributed by atoms with van der Waals surface area (Å²) in [6, 6.07) is 0. The molecule has 0 aromatic carbocycles. The molecule has 0 aromatic rings. The van der Waals surface area contributed by atoms with Crippen molar-refractivity contribution in [1.82, 2.24) is 0 Å². The van der Waals surface area contributed by atoms with Crippen LogP contribution < -0.4 is 0 Å². The van der Waals surface area contributed by atoms with Gasteiger partial charge in [0.1, 0.15) is 11.7 Å². The quantitative estimate of drug-likeness (QED) is 0.493. The highest BCUT2D eigenvalue weighted by molar-refractivity contribution is 5.86. The minimum Gasteiger partial charge on any atom is -0.478 e. The average molecular weight is 308 g/mol. The monoisotopic (exact) mass is 308 g/mol. The highest BCUT2D eigenvalue weighted by Crippen LogP contribution is 2.72. The van der Waals surface area contributed by atoms with Crippen LogP contribution in [0.15, 0.2) is 12.2 Å². The number of carbonyl (C=O) groups is 2. The molecule has 1 spiro atoms. The second kappa shape index (κ2) is 4.57. The van der Waals surface area contributed by atoms with E-state index in [1.54, 1.807) is 0 Å². The molecular formula is C17H24O5. The summed E-state index contributed by atoms with van der Waals surface area (Å²) < 4.78 is 11.8. The fourth-order valence-electron chi connectivity index (χ4n) is 5.01. The average Bonchev–Trinajstić information content (AvgIpc) is 3.02. The molecule has 0 radical (unpaired) electrons. The van der Waals surface area contributed by atoms with Crippen LogP contribution in [-0.2, 0) is 19.1 Å². The van der Waals surface area contributed by atoms with E-state index in [1.807, 2.05) is 0 Å². The predicted molar refractivity (Wildman–Crippen MR) is 79.2 cm³/mol. The molecule has 0 aromatic heterocycles. The van der Waals surface area contributed by atoms with E-state index >= 15 is 0 Å². The van der Waals surface area contributed by atoms with Crippen molar-refractivity contribution in [2.75, 3.05) is 0 Å². The fourth-order valence-corrected chi connectivity index (χ4v) is 5.01. The molecule has 0 amide bonds. The largest absolute Gasteiger partial charge is 0.478 e. The standard InChI is InChI=1S/C17H24O5/c1-10(14(19)20)12-8-13(21-11(2)18)15(3)6-5-7-16(4)17(15,9-12)22-16/h12-13H,1,5-9H2,2-4H3,(H,19,20)/t12-,13+,15-,16-,17+/m1/s1. The van der Waals surface area contributed by atoms with E-state index in [2.05, 4.69) is 20.4 Å². The first-order chi connectivity index (χ1) is 10.2. The first-order valence-electron chi connectivity index (χ1n) is 7.95. The number of aliphatic carboxylic acids is 1. The summed E-state index contributed by atoms with van der Waals surface area (Å²) >= 11 is 0. The highest BCUT2D eigenvalue weighted by Gasteiger charge is 2.79. The zero-order chi connectivity index (χ0) is 16.3. The maximum Gasteiger partial charge on any atom is 0.331 e. The highest BCUT2D eigenvalue weighted by atomic mass is 16.6. The number of esters is 1. The molecule has 3 rings (SSSR count). The van der Waals surface area contributed by atoms with Crippen LogP contribution in [0.5, 0.6) is 0 Å².